The molecule has 0 aliphatic carbocycles. The topological polar surface area (TPSA) is 220 Å². The van der Waals surface area contributed by atoms with Crippen LogP contribution in [0.5, 0.6) is 0 Å². The molecule has 0 fully saturated rings. The van der Waals surface area contributed by atoms with Gasteiger partial charge in [-0.25, -0.2) is 0 Å². The molecule has 0 aromatic carbocycles. The Labute approximate surface area is 392 Å². The molecular weight excluding hydrogens is 829 g/mol. The van der Waals surface area contributed by atoms with Crippen molar-refractivity contribution in [2.24, 2.45) is 11.5 Å². The third-order valence-electron chi connectivity index (χ3n) is 5.49. The van der Waals surface area contributed by atoms with Gasteiger partial charge in [0.25, 0.3) is 0 Å². The Bertz CT molecular complexity index is 639. The van der Waals surface area contributed by atoms with Gasteiger partial charge < -0.3 is 57.1 Å². The van der Waals surface area contributed by atoms with E-state index in [0.717, 1.165) is 58.9 Å². The van der Waals surface area contributed by atoms with Crippen LogP contribution in [-0.2, 0) is 47.1 Å². The number of aliphatic carboxylic acids is 3. The summed E-state index contributed by atoms with van der Waals surface area (Å²) < 4.78 is 0. The monoisotopic (exact) mass is 892 g/mol. The molecule has 0 aliphatic heterocycles. The van der Waals surface area contributed by atoms with Crippen molar-refractivity contribution in [3.05, 3.63) is 5.32 Å². The van der Waals surface area contributed by atoms with Gasteiger partial charge in [-0.15, -0.1) is 13.1 Å². The Kier molecular flexibility index (Phi) is 84.5. The van der Waals surface area contributed by atoms with Crippen LogP contribution in [0, 0.1) is 0 Å². The fourth-order valence-corrected chi connectivity index (χ4v) is 3.18. The SMILES string of the molecule is C.CC(C)N(CCN)CCN.CC(C)N(CCNCC[N-]CC(=O)[O-])CCNCCN(C)CC(=O)[O-].CCC(=O)[O-].CI.[Na+].[Na+].[Na+].[Y]. The molecule has 0 amide bonds. The van der Waals surface area contributed by atoms with Crippen molar-refractivity contribution in [2.45, 2.75) is 60.5 Å². The average molecular weight is 893 g/mol. The van der Waals surface area contributed by atoms with Crippen molar-refractivity contribution in [1.29, 1.82) is 0 Å². The molecule has 0 spiro atoms. The molecular formula is C28H63IN8Na3O6Y-. The predicted octanol–water partition coefficient (Wildman–Crippen LogP) is -11.9. The number of nitrogens with two attached hydrogens (primary N) is 2. The van der Waals surface area contributed by atoms with Gasteiger partial charge in [-0.2, -0.15) is 0 Å². The minimum atomic E-state index is -1.15. The second-order valence-electron chi connectivity index (χ2n) is 9.65. The summed E-state index contributed by atoms with van der Waals surface area (Å²) in [7, 11) is 1.75. The summed E-state index contributed by atoms with van der Waals surface area (Å²) in [6, 6.07) is 0.985. The zero-order valence-electron chi connectivity index (χ0n) is 30.6. The summed E-state index contributed by atoms with van der Waals surface area (Å²) in [5.74, 6) is -3.21. The van der Waals surface area contributed by atoms with E-state index in [0.29, 0.717) is 31.7 Å². The molecule has 0 aliphatic rings. The molecule has 0 atom stereocenters. The Balaban J connectivity index is -0.0000000788. The zero-order valence-corrected chi connectivity index (χ0v) is 41.6. The first-order chi connectivity index (χ1) is 19.8. The Morgan fingerprint density at radius 2 is 1.09 bits per heavy atom. The minimum Gasteiger partial charge on any atom is -0.656 e. The molecule has 265 valence electrons. The normalized spacial score (nSPS) is 9.51. The fraction of sp³-hybridized carbons (Fsp3) is 0.893. The van der Waals surface area contributed by atoms with Crippen LogP contribution in [0.3, 0.4) is 0 Å². The number of nitrogens with one attached hydrogen (secondary N) is 2. The van der Waals surface area contributed by atoms with Gasteiger partial charge in [0.1, 0.15) is 0 Å². The van der Waals surface area contributed by atoms with Crippen LogP contribution in [-0.4, -0.2) is 148 Å². The number of likely N-dealkylation sites (N-methyl/N-ethyl adjacent to an activating group) is 1. The number of carbonyl (C=O) groups excluding carboxylic acids is 3. The van der Waals surface area contributed by atoms with Gasteiger partial charge >= 0.3 is 88.7 Å². The molecule has 6 N–H and O–H groups in total. The Hall–Kier alpha value is 2.92. The Morgan fingerprint density at radius 3 is 1.40 bits per heavy atom. The van der Waals surface area contributed by atoms with Gasteiger partial charge in [-0.1, -0.05) is 36.9 Å². The number of carboxylic acid groups (broad SMARTS) is 3. The van der Waals surface area contributed by atoms with E-state index in [-0.39, 0.29) is 148 Å². The molecule has 0 saturated carbocycles. The summed E-state index contributed by atoms with van der Waals surface area (Å²) in [5.41, 5.74) is 10.8. The smallest absolute Gasteiger partial charge is 0.656 e. The maximum atomic E-state index is 10.5. The van der Waals surface area contributed by atoms with Crippen LogP contribution < -0.4 is 126 Å². The van der Waals surface area contributed by atoms with Crippen LogP contribution in [0.15, 0.2) is 0 Å². The molecule has 0 saturated heterocycles. The van der Waals surface area contributed by atoms with E-state index in [1.807, 2.05) is 4.93 Å². The number of alkyl halides is 1. The summed E-state index contributed by atoms with van der Waals surface area (Å²) >= 11 is 2.15. The molecule has 19 heteroatoms. The van der Waals surface area contributed by atoms with E-state index >= 15 is 0 Å². The first-order valence-electron chi connectivity index (χ1n) is 14.4. The van der Waals surface area contributed by atoms with Crippen molar-refractivity contribution in [3.8, 4) is 0 Å². The van der Waals surface area contributed by atoms with Gasteiger partial charge in [-0.05, 0) is 52.6 Å². The molecule has 0 rings (SSSR count). The number of carboxylic acids is 3. The number of carbonyl (C=O) groups is 3. The number of hydrogen-bond donors (Lipinski definition) is 4. The third-order valence-corrected chi connectivity index (χ3v) is 5.49. The van der Waals surface area contributed by atoms with Crippen molar-refractivity contribution in [3.63, 3.8) is 0 Å². The Morgan fingerprint density at radius 1 is 0.723 bits per heavy atom. The largest absolute Gasteiger partial charge is 1.00 e. The van der Waals surface area contributed by atoms with Crippen molar-refractivity contribution in [2.75, 3.05) is 104 Å². The van der Waals surface area contributed by atoms with Crippen LogP contribution in [0.2, 0.25) is 0 Å². The molecule has 0 heterocycles. The van der Waals surface area contributed by atoms with Crippen molar-refractivity contribution >= 4 is 40.5 Å². The number of halogens is 1. The number of nitrogens with zero attached hydrogens (tertiary/aromatic N) is 4. The van der Waals surface area contributed by atoms with E-state index in [4.69, 9.17) is 11.5 Å². The predicted molar refractivity (Wildman–Crippen MR) is 180 cm³/mol. The average Bonchev–Trinajstić information content (AvgIpc) is 2.92. The molecule has 0 aromatic rings. The van der Waals surface area contributed by atoms with Crippen LogP contribution >= 0.6 is 22.6 Å². The van der Waals surface area contributed by atoms with E-state index in [1.54, 1.807) is 11.9 Å². The summed E-state index contributed by atoms with van der Waals surface area (Å²) in [6.07, 6.45) is 0.111. The van der Waals surface area contributed by atoms with E-state index in [1.165, 1.54) is 6.92 Å². The molecule has 0 bridgehead atoms. The third kappa shape index (κ3) is 64.3. The zero-order chi connectivity index (χ0) is 33.3. The quantitative estimate of drug-likeness (QED) is 0.0325. The van der Waals surface area contributed by atoms with Crippen LogP contribution in [0.4, 0.5) is 0 Å². The maximum Gasteiger partial charge on any atom is 1.00 e. The first-order valence-corrected chi connectivity index (χ1v) is 16.6. The first kappa shape index (κ1) is 71.4. The van der Waals surface area contributed by atoms with Crippen LogP contribution in [0.25, 0.3) is 5.32 Å². The molecule has 0 unspecified atom stereocenters. The van der Waals surface area contributed by atoms with E-state index < -0.39 is 17.9 Å². The maximum absolute atomic E-state index is 10.5. The molecule has 0 aromatic heterocycles. The standard InChI is InChI=1S/C16H34N5O4.C7H19N3.C3H6O2.CH3I.CH4.3Na.Y/c1-14(2)21(10-7-17-4-5-19-12-15(22)23)11-8-18-6-9-20(3)13-16(24)25;1-7(2)10(5-3-8)6-4-9;1-2-3(4)5;1-2;;;;;/h14,17-18H,4-13H2,1-3H3,(H,22,23)(H,24,25);7H,3-6,8-9H2,1-2H3;2H2,1H3,(H,4,5);1H3;1H4;;;;/q-1;;;;;3*+1;/p-3. The summed E-state index contributed by atoms with van der Waals surface area (Å²) in [4.78, 5) is 38.2. The summed E-state index contributed by atoms with van der Waals surface area (Å²) in [6.45, 7) is 19.1. The number of hydrogen-bond acceptors (Lipinski definition) is 13. The van der Waals surface area contributed by atoms with Crippen LogP contribution in [0.1, 0.15) is 48.5 Å². The van der Waals surface area contributed by atoms with Crippen molar-refractivity contribution in [1.82, 2.24) is 25.3 Å². The number of rotatable bonds is 23. The second kappa shape index (κ2) is 55.7. The second-order valence-corrected chi connectivity index (χ2v) is 9.65. The van der Waals surface area contributed by atoms with Gasteiger partial charge in [0, 0.05) is 129 Å². The van der Waals surface area contributed by atoms with Gasteiger partial charge in [0.2, 0.25) is 0 Å². The van der Waals surface area contributed by atoms with E-state index in [9.17, 15) is 29.7 Å². The summed E-state index contributed by atoms with van der Waals surface area (Å²) in [5, 5.41) is 40.3. The van der Waals surface area contributed by atoms with Gasteiger partial charge in [0.05, 0.1) is 5.97 Å². The van der Waals surface area contributed by atoms with Gasteiger partial charge in [0.15, 0.2) is 0 Å². The van der Waals surface area contributed by atoms with E-state index in [2.05, 4.69) is 76.0 Å². The molecule has 14 nitrogen and oxygen atoms in total. The minimum absolute atomic E-state index is 0. The fourth-order valence-electron chi connectivity index (χ4n) is 3.18. The molecule has 1 radical (unpaired) electrons. The van der Waals surface area contributed by atoms with Crippen molar-refractivity contribution < 1.29 is 151 Å². The van der Waals surface area contributed by atoms with Gasteiger partial charge in [-0.3, -0.25) is 14.7 Å². The molecule has 47 heavy (non-hydrogen) atoms.